The average molecular weight is 352 g/mol. The summed E-state index contributed by atoms with van der Waals surface area (Å²) < 4.78 is 19.8. The monoisotopic (exact) mass is 351 g/mol. The van der Waals surface area contributed by atoms with E-state index in [4.69, 9.17) is 10.5 Å². The number of ether oxygens (including phenoxy) is 1. The Balaban J connectivity index is 2.14. The molecule has 2 nitrogen and oxygen atoms in total. The van der Waals surface area contributed by atoms with Crippen LogP contribution in [0.25, 0.3) is 0 Å². The number of hydrogen-bond donors (Lipinski definition) is 1. The van der Waals surface area contributed by atoms with Gasteiger partial charge in [0.2, 0.25) is 0 Å². The first-order chi connectivity index (χ1) is 9.94. The highest BCUT2D eigenvalue weighted by Gasteiger charge is 2.10. The Morgan fingerprint density at radius 3 is 2.62 bits per heavy atom. The Morgan fingerprint density at radius 1 is 1.19 bits per heavy atom. The van der Waals surface area contributed by atoms with Gasteiger partial charge in [-0.3, -0.25) is 0 Å². The molecule has 0 aromatic heterocycles. The minimum Gasteiger partial charge on any atom is -0.491 e. The summed E-state index contributed by atoms with van der Waals surface area (Å²) in [5.41, 5.74) is 8.08. The standard InChI is InChI=1S/C17H19BrFNO/c1-11(2)21-16-5-3-4-13(9-16)17(20)8-12-6-14(18)10-15(19)7-12/h3-7,9-11,17H,8,20H2,1-2H3. The summed E-state index contributed by atoms with van der Waals surface area (Å²) in [5.74, 6) is 0.543. The molecule has 0 aliphatic heterocycles. The fourth-order valence-corrected chi connectivity index (χ4v) is 2.70. The van der Waals surface area contributed by atoms with Gasteiger partial charge in [0, 0.05) is 10.5 Å². The van der Waals surface area contributed by atoms with E-state index < -0.39 is 0 Å². The van der Waals surface area contributed by atoms with Crippen molar-refractivity contribution >= 4 is 15.9 Å². The van der Waals surface area contributed by atoms with Gasteiger partial charge in [0.05, 0.1) is 6.10 Å². The first-order valence-corrected chi connectivity index (χ1v) is 7.70. The van der Waals surface area contributed by atoms with Crippen LogP contribution < -0.4 is 10.5 Å². The summed E-state index contributed by atoms with van der Waals surface area (Å²) in [7, 11) is 0. The molecule has 4 heteroatoms. The summed E-state index contributed by atoms with van der Waals surface area (Å²) in [6.45, 7) is 3.97. The molecule has 0 bridgehead atoms. The van der Waals surface area contributed by atoms with Gasteiger partial charge in [-0.05, 0) is 61.7 Å². The first-order valence-electron chi connectivity index (χ1n) is 6.91. The highest BCUT2D eigenvalue weighted by atomic mass is 79.9. The van der Waals surface area contributed by atoms with Gasteiger partial charge >= 0.3 is 0 Å². The van der Waals surface area contributed by atoms with Crippen molar-refractivity contribution in [2.45, 2.75) is 32.4 Å². The molecule has 21 heavy (non-hydrogen) atoms. The van der Waals surface area contributed by atoms with Crippen LogP contribution in [0.4, 0.5) is 4.39 Å². The minimum absolute atomic E-state index is 0.121. The van der Waals surface area contributed by atoms with Gasteiger partial charge in [0.15, 0.2) is 0 Å². The average Bonchev–Trinajstić information content (AvgIpc) is 2.36. The zero-order chi connectivity index (χ0) is 15.4. The summed E-state index contributed by atoms with van der Waals surface area (Å²) in [4.78, 5) is 0. The number of halogens is 2. The molecule has 2 N–H and O–H groups in total. The molecule has 0 amide bonds. The van der Waals surface area contributed by atoms with E-state index >= 15 is 0 Å². The van der Waals surface area contributed by atoms with Crippen molar-refractivity contribution in [1.82, 2.24) is 0 Å². The Morgan fingerprint density at radius 2 is 1.95 bits per heavy atom. The summed E-state index contributed by atoms with van der Waals surface area (Å²) in [5, 5.41) is 0. The van der Waals surface area contributed by atoms with Crippen molar-refractivity contribution in [2.24, 2.45) is 5.73 Å². The van der Waals surface area contributed by atoms with Crippen molar-refractivity contribution in [1.29, 1.82) is 0 Å². The number of rotatable bonds is 5. The molecule has 0 fully saturated rings. The lowest BCUT2D eigenvalue weighted by atomic mass is 9.99. The SMILES string of the molecule is CC(C)Oc1cccc(C(N)Cc2cc(F)cc(Br)c2)c1. The predicted molar refractivity (Wildman–Crippen MR) is 86.9 cm³/mol. The van der Waals surface area contributed by atoms with Gasteiger partial charge in [0.25, 0.3) is 0 Å². The van der Waals surface area contributed by atoms with Crippen molar-refractivity contribution in [3.8, 4) is 5.75 Å². The maximum atomic E-state index is 13.4. The maximum Gasteiger partial charge on any atom is 0.124 e. The number of nitrogens with two attached hydrogens (primary N) is 1. The molecule has 0 radical (unpaired) electrons. The van der Waals surface area contributed by atoms with E-state index in [2.05, 4.69) is 15.9 Å². The Hall–Kier alpha value is -1.39. The minimum atomic E-state index is -0.261. The van der Waals surface area contributed by atoms with Crippen LogP contribution >= 0.6 is 15.9 Å². The van der Waals surface area contributed by atoms with Crippen molar-refractivity contribution in [3.05, 3.63) is 63.9 Å². The van der Waals surface area contributed by atoms with Crippen molar-refractivity contribution in [2.75, 3.05) is 0 Å². The van der Waals surface area contributed by atoms with Crippen LogP contribution in [0.2, 0.25) is 0 Å². The van der Waals surface area contributed by atoms with E-state index in [0.29, 0.717) is 6.42 Å². The van der Waals surface area contributed by atoms with E-state index in [1.165, 1.54) is 12.1 Å². The molecule has 1 unspecified atom stereocenters. The normalized spacial score (nSPS) is 12.5. The molecule has 1 atom stereocenters. The smallest absolute Gasteiger partial charge is 0.124 e. The van der Waals surface area contributed by atoms with E-state index in [9.17, 15) is 4.39 Å². The molecule has 0 spiro atoms. The molecule has 112 valence electrons. The van der Waals surface area contributed by atoms with Gasteiger partial charge in [-0.2, -0.15) is 0 Å². The van der Waals surface area contributed by atoms with Crippen LogP contribution in [0.5, 0.6) is 5.75 Å². The van der Waals surface area contributed by atoms with Crippen LogP contribution in [0.1, 0.15) is 31.0 Å². The Kier molecular flexibility index (Phi) is 5.37. The van der Waals surface area contributed by atoms with Gasteiger partial charge in [-0.15, -0.1) is 0 Å². The number of hydrogen-bond acceptors (Lipinski definition) is 2. The predicted octanol–water partition coefficient (Wildman–Crippen LogP) is 4.62. The van der Waals surface area contributed by atoms with Crippen LogP contribution in [-0.4, -0.2) is 6.10 Å². The zero-order valence-electron chi connectivity index (χ0n) is 12.1. The molecule has 0 aliphatic carbocycles. The molecular formula is C17H19BrFNO. The topological polar surface area (TPSA) is 35.2 Å². The third-order valence-electron chi connectivity index (χ3n) is 3.04. The second kappa shape index (κ2) is 7.05. The third-order valence-corrected chi connectivity index (χ3v) is 3.49. The molecule has 0 saturated carbocycles. The van der Waals surface area contributed by atoms with Crippen LogP contribution in [-0.2, 0) is 6.42 Å². The first kappa shape index (κ1) is 16.0. The second-order valence-corrected chi connectivity index (χ2v) is 6.24. The third kappa shape index (κ3) is 4.83. The van der Waals surface area contributed by atoms with Crippen LogP contribution in [0.3, 0.4) is 0 Å². The molecular weight excluding hydrogens is 333 g/mol. The quantitative estimate of drug-likeness (QED) is 0.852. The number of benzene rings is 2. The molecule has 0 heterocycles. The van der Waals surface area contributed by atoms with Crippen LogP contribution in [0.15, 0.2) is 46.9 Å². The second-order valence-electron chi connectivity index (χ2n) is 5.33. The zero-order valence-corrected chi connectivity index (χ0v) is 13.7. The van der Waals surface area contributed by atoms with Gasteiger partial charge in [-0.1, -0.05) is 28.1 Å². The molecule has 0 aliphatic rings. The van der Waals surface area contributed by atoms with Gasteiger partial charge in [-0.25, -0.2) is 4.39 Å². The summed E-state index contributed by atoms with van der Waals surface area (Å²) in [6, 6.07) is 12.4. The Labute approximate surface area is 133 Å². The fourth-order valence-electron chi connectivity index (χ4n) is 2.19. The van der Waals surface area contributed by atoms with Crippen LogP contribution in [0, 0.1) is 5.82 Å². The Bertz CT molecular complexity index is 595. The summed E-state index contributed by atoms with van der Waals surface area (Å²) >= 11 is 3.30. The van der Waals surface area contributed by atoms with Gasteiger partial charge < -0.3 is 10.5 Å². The highest BCUT2D eigenvalue weighted by Crippen LogP contribution is 2.23. The van der Waals surface area contributed by atoms with E-state index in [0.717, 1.165) is 21.3 Å². The van der Waals surface area contributed by atoms with Gasteiger partial charge in [0.1, 0.15) is 11.6 Å². The van der Waals surface area contributed by atoms with E-state index in [1.54, 1.807) is 0 Å². The lowest BCUT2D eigenvalue weighted by molar-refractivity contribution is 0.242. The maximum absolute atomic E-state index is 13.4. The molecule has 2 aromatic carbocycles. The highest BCUT2D eigenvalue weighted by molar-refractivity contribution is 9.10. The molecule has 2 aromatic rings. The summed E-state index contributed by atoms with van der Waals surface area (Å²) in [6.07, 6.45) is 0.692. The fraction of sp³-hybridized carbons (Fsp3) is 0.294. The lowest BCUT2D eigenvalue weighted by Crippen LogP contribution is -2.14. The largest absolute Gasteiger partial charge is 0.491 e. The van der Waals surface area contributed by atoms with Crippen molar-refractivity contribution < 1.29 is 9.13 Å². The lowest BCUT2D eigenvalue weighted by Gasteiger charge is -2.15. The molecule has 0 saturated heterocycles. The molecule has 2 rings (SSSR count). The van der Waals surface area contributed by atoms with E-state index in [1.807, 2.05) is 44.2 Å². The van der Waals surface area contributed by atoms with E-state index in [-0.39, 0.29) is 18.0 Å². The van der Waals surface area contributed by atoms with Crippen molar-refractivity contribution in [3.63, 3.8) is 0 Å².